The summed E-state index contributed by atoms with van der Waals surface area (Å²) in [6.07, 6.45) is -0.192. The van der Waals surface area contributed by atoms with Crippen molar-refractivity contribution in [1.29, 1.82) is 0 Å². The van der Waals surface area contributed by atoms with E-state index in [0.717, 1.165) is 32.8 Å². The summed E-state index contributed by atoms with van der Waals surface area (Å²) in [5.74, 6) is 0.350. The number of hydrogen-bond donors (Lipinski definition) is 3. The zero-order chi connectivity index (χ0) is 11.3. The van der Waals surface area contributed by atoms with Crippen LogP contribution in [0.15, 0.2) is 0 Å². The first-order valence-corrected chi connectivity index (χ1v) is 5.63. The normalized spacial score (nSPS) is 27.2. The first kappa shape index (κ1) is 12.9. The van der Waals surface area contributed by atoms with Gasteiger partial charge in [-0.2, -0.15) is 0 Å². The molecule has 15 heavy (non-hydrogen) atoms. The van der Waals surface area contributed by atoms with Crippen LogP contribution in [-0.2, 0) is 4.74 Å². The largest absolute Gasteiger partial charge is 0.391 e. The monoisotopic (exact) mass is 216 g/mol. The molecule has 0 aliphatic carbocycles. The van der Waals surface area contributed by atoms with Crippen LogP contribution in [0, 0.1) is 11.3 Å². The number of ether oxygens (including phenoxy) is 1. The average Bonchev–Trinajstić information content (AvgIpc) is 2.51. The molecule has 0 aromatic heterocycles. The second-order valence-electron chi connectivity index (χ2n) is 5.21. The second kappa shape index (κ2) is 5.80. The molecule has 0 spiro atoms. The molecule has 3 N–H and O–H groups in total. The molecule has 4 nitrogen and oxygen atoms in total. The highest BCUT2D eigenvalue weighted by molar-refractivity contribution is 4.82. The van der Waals surface area contributed by atoms with Gasteiger partial charge >= 0.3 is 0 Å². The lowest BCUT2D eigenvalue weighted by Gasteiger charge is -2.25. The van der Waals surface area contributed by atoms with Crippen LogP contribution in [0.4, 0.5) is 0 Å². The standard InChI is InChI=1S/C11H24N2O2/c1-11(2,8-15-3)7-13-5-9-4-12-6-10(9)14/h9-10,12-14H,4-8H2,1-3H3. The molecular weight excluding hydrogens is 192 g/mol. The number of rotatable bonds is 6. The Morgan fingerprint density at radius 1 is 1.47 bits per heavy atom. The fourth-order valence-corrected chi connectivity index (χ4v) is 1.97. The number of aliphatic hydroxyl groups excluding tert-OH is 1. The van der Waals surface area contributed by atoms with E-state index in [9.17, 15) is 5.11 Å². The van der Waals surface area contributed by atoms with Gasteiger partial charge in [-0.25, -0.2) is 0 Å². The molecule has 2 atom stereocenters. The third-order valence-corrected chi connectivity index (χ3v) is 2.85. The summed E-state index contributed by atoms with van der Waals surface area (Å²) in [5, 5.41) is 16.2. The zero-order valence-electron chi connectivity index (χ0n) is 10.0. The van der Waals surface area contributed by atoms with Crippen molar-refractivity contribution in [1.82, 2.24) is 10.6 Å². The lowest BCUT2D eigenvalue weighted by atomic mass is 9.94. The molecule has 0 bridgehead atoms. The lowest BCUT2D eigenvalue weighted by Crippen LogP contribution is -2.38. The molecule has 2 unspecified atom stereocenters. The molecule has 1 rings (SSSR count). The zero-order valence-corrected chi connectivity index (χ0v) is 10.0. The van der Waals surface area contributed by atoms with E-state index in [4.69, 9.17) is 4.74 Å². The van der Waals surface area contributed by atoms with Crippen molar-refractivity contribution in [3.05, 3.63) is 0 Å². The minimum atomic E-state index is -0.192. The average molecular weight is 216 g/mol. The van der Waals surface area contributed by atoms with Gasteiger partial charge in [0, 0.05) is 44.6 Å². The van der Waals surface area contributed by atoms with Crippen molar-refractivity contribution < 1.29 is 9.84 Å². The maximum atomic E-state index is 9.59. The fraction of sp³-hybridized carbons (Fsp3) is 1.00. The van der Waals surface area contributed by atoms with Crippen LogP contribution in [0.1, 0.15) is 13.8 Å². The minimum absolute atomic E-state index is 0.158. The Bertz CT molecular complexity index is 185. The van der Waals surface area contributed by atoms with E-state index < -0.39 is 0 Å². The molecule has 0 radical (unpaired) electrons. The molecule has 1 aliphatic heterocycles. The van der Waals surface area contributed by atoms with Crippen LogP contribution in [0.2, 0.25) is 0 Å². The molecule has 0 aromatic rings. The Hall–Kier alpha value is -0.160. The Labute approximate surface area is 92.4 Å². The maximum Gasteiger partial charge on any atom is 0.0716 e. The Morgan fingerprint density at radius 2 is 2.20 bits per heavy atom. The summed E-state index contributed by atoms with van der Waals surface area (Å²) in [4.78, 5) is 0. The highest BCUT2D eigenvalue weighted by atomic mass is 16.5. The third kappa shape index (κ3) is 4.47. The van der Waals surface area contributed by atoms with E-state index in [2.05, 4.69) is 24.5 Å². The molecule has 0 saturated carbocycles. The number of hydrogen-bond acceptors (Lipinski definition) is 4. The van der Waals surface area contributed by atoms with Crippen LogP contribution < -0.4 is 10.6 Å². The number of aliphatic hydroxyl groups is 1. The molecular formula is C11H24N2O2. The van der Waals surface area contributed by atoms with Crippen molar-refractivity contribution in [3.63, 3.8) is 0 Å². The van der Waals surface area contributed by atoms with Crippen molar-refractivity contribution in [2.75, 3.05) is 39.9 Å². The summed E-state index contributed by atoms with van der Waals surface area (Å²) in [6.45, 7) is 8.54. The molecule has 1 saturated heterocycles. The fourth-order valence-electron chi connectivity index (χ4n) is 1.97. The van der Waals surface area contributed by atoms with Crippen LogP contribution in [0.25, 0.3) is 0 Å². The van der Waals surface area contributed by atoms with Gasteiger partial charge in [0.15, 0.2) is 0 Å². The van der Waals surface area contributed by atoms with E-state index in [1.807, 2.05) is 0 Å². The molecule has 4 heteroatoms. The van der Waals surface area contributed by atoms with Gasteiger partial charge in [0.05, 0.1) is 12.7 Å². The Morgan fingerprint density at radius 3 is 2.73 bits per heavy atom. The molecule has 1 aliphatic rings. The van der Waals surface area contributed by atoms with Crippen molar-refractivity contribution in [2.24, 2.45) is 11.3 Å². The van der Waals surface area contributed by atoms with E-state index in [0.29, 0.717) is 5.92 Å². The van der Waals surface area contributed by atoms with Crippen molar-refractivity contribution in [3.8, 4) is 0 Å². The minimum Gasteiger partial charge on any atom is -0.391 e. The molecule has 90 valence electrons. The van der Waals surface area contributed by atoms with Gasteiger partial charge in [0.2, 0.25) is 0 Å². The third-order valence-electron chi connectivity index (χ3n) is 2.85. The number of methoxy groups -OCH3 is 1. The number of β-amino-alcohol motifs (C(OH)–C–C–N with tert-alkyl or cyclic N) is 1. The van der Waals surface area contributed by atoms with Gasteiger partial charge in [-0.05, 0) is 0 Å². The molecule has 0 amide bonds. The van der Waals surface area contributed by atoms with E-state index in [1.54, 1.807) is 7.11 Å². The topological polar surface area (TPSA) is 53.5 Å². The Kier molecular flexibility index (Phi) is 4.99. The molecule has 0 aromatic carbocycles. The molecule has 1 heterocycles. The second-order valence-corrected chi connectivity index (χ2v) is 5.21. The highest BCUT2D eigenvalue weighted by Crippen LogP contribution is 2.14. The van der Waals surface area contributed by atoms with Crippen LogP contribution in [0.3, 0.4) is 0 Å². The van der Waals surface area contributed by atoms with E-state index in [-0.39, 0.29) is 11.5 Å². The van der Waals surface area contributed by atoms with Crippen LogP contribution in [-0.4, -0.2) is 51.1 Å². The Balaban J connectivity index is 2.15. The SMILES string of the molecule is COCC(C)(C)CNCC1CNCC1O. The van der Waals surface area contributed by atoms with Crippen LogP contribution in [0.5, 0.6) is 0 Å². The quantitative estimate of drug-likeness (QED) is 0.577. The summed E-state index contributed by atoms with van der Waals surface area (Å²) in [7, 11) is 1.73. The van der Waals surface area contributed by atoms with Crippen LogP contribution >= 0.6 is 0 Å². The van der Waals surface area contributed by atoms with E-state index >= 15 is 0 Å². The van der Waals surface area contributed by atoms with Crippen molar-refractivity contribution in [2.45, 2.75) is 20.0 Å². The van der Waals surface area contributed by atoms with Gasteiger partial charge in [0.25, 0.3) is 0 Å². The predicted octanol–water partition coefficient (Wildman–Crippen LogP) is -0.171. The maximum absolute atomic E-state index is 9.59. The summed E-state index contributed by atoms with van der Waals surface area (Å²) in [5.41, 5.74) is 0.158. The van der Waals surface area contributed by atoms with Gasteiger partial charge in [-0.1, -0.05) is 13.8 Å². The van der Waals surface area contributed by atoms with Gasteiger partial charge < -0.3 is 20.5 Å². The van der Waals surface area contributed by atoms with E-state index in [1.165, 1.54) is 0 Å². The molecule has 1 fully saturated rings. The first-order valence-electron chi connectivity index (χ1n) is 5.63. The lowest BCUT2D eigenvalue weighted by molar-refractivity contribution is 0.0990. The van der Waals surface area contributed by atoms with Gasteiger partial charge in [-0.15, -0.1) is 0 Å². The van der Waals surface area contributed by atoms with Gasteiger partial charge in [-0.3, -0.25) is 0 Å². The van der Waals surface area contributed by atoms with Gasteiger partial charge in [0.1, 0.15) is 0 Å². The smallest absolute Gasteiger partial charge is 0.0716 e. The summed E-state index contributed by atoms with van der Waals surface area (Å²) >= 11 is 0. The summed E-state index contributed by atoms with van der Waals surface area (Å²) in [6, 6.07) is 0. The first-order chi connectivity index (χ1) is 7.05. The highest BCUT2D eigenvalue weighted by Gasteiger charge is 2.25. The predicted molar refractivity (Wildman–Crippen MR) is 60.9 cm³/mol. The van der Waals surface area contributed by atoms with Crippen molar-refractivity contribution >= 4 is 0 Å². The number of nitrogens with one attached hydrogen (secondary N) is 2. The summed E-state index contributed by atoms with van der Waals surface area (Å²) < 4.78 is 5.15.